The van der Waals surface area contributed by atoms with Crippen LogP contribution in [0.2, 0.25) is 0 Å². The van der Waals surface area contributed by atoms with Crippen LogP contribution in [0.3, 0.4) is 0 Å². The molecule has 138 valence electrons. The van der Waals surface area contributed by atoms with E-state index in [1.54, 1.807) is 37.4 Å². The van der Waals surface area contributed by atoms with E-state index in [-0.39, 0.29) is 11.7 Å². The fraction of sp³-hybridized carbons (Fsp3) is 0.350. The van der Waals surface area contributed by atoms with E-state index in [0.717, 1.165) is 5.69 Å². The van der Waals surface area contributed by atoms with Crippen LogP contribution in [0.1, 0.15) is 17.3 Å². The molecule has 1 fully saturated rings. The summed E-state index contributed by atoms with van der Waals surface area (Å²) >= 11 is 0. The van der Waals surface area contributed by atoms with E-state index in [4.69, 9.17) is 9.47 Å². The zero-order valence-electron chi connectivity index (χ0n) is 15.1. The maximum Gasteiger partial charge on any atom is 0.254 e. The number of anilines is 1. The number of ether oxygens (including phenoxy) is 2. The van der Waals surface area contributed by atoms with Crippen LogP contribution in [0, 0.1) is 0 Å². The molecule has 0 radical (unpaired) electrons. The van der Waals surface area contributed by atoms with Crippen molar-refractivity contribution < 1.29 is 19.4 Å². The van der Waals surface area contributed by atoms with E-state index >= 15 is 0 Å². The van der Waals surface area contributed by atoms with Gasteiger partial charge in [0.05, 0.1) is 19.4 Å². The molecule has 1 heterocycles. The lowest BCUT2D eigenvalue weighted by atomic mass is 10.1. The summed E-state index contributed by atoms with van der Waals surface area (Å²) in [5, 5.41) is 10.00. The first-order chi connectivity index (χ1) is 12.6. The summed E-state index contributed by atoms with van der Waals surface area (Å²) in [5.74, 6) is 1.44. The van der Waals surface area contributed by atoms with Gasteiger partial charge in [0.2, 0.25) is 0 Å². The second-order valence-electron chi connectivity index (χ2n) is 6.07. The van der Waals surface area contributed by atoms with Crippen molar-refractivity contribution in [1.29, 1.82) is 0 Å². The van der Waals surface area contributed by atoms with Crippen LogP contribution in [0.5, 0.6) is 17.2 Å². The number of para-hydroxylation sites is 2. The number of carbonyl (C=O) groups excluding carboxylic acids is 1. The van der Waals surface area contributed by atoms with Crippen LogP contribution in [0.4, 0.5) is 5.69 Å². The lowest BCUT2D eigenvalue weighted by Gasteiger charge is -2.36. The minimum Gasteiger partial charge on any atom is -0.506 e. The normalized spacial score (nSPS) is 14.2. The van der Waals surface area contributed by atoms with Crippen LogP contribution < -0.4 is 14.4 Å². The van der Waals surface area contributed by atoms with E-state index in [0.29, 0.717) is 49.8 Å². The first-order valence-corrected chi connectivity index (χ1v) is 8.77. The van der Waals surface area contributed by atoms with Gasteiger partial charge in [0, 0.05) is 31.7 Å². The van der Waals surface area contributed by atoms with Crippen molar-refractivity contribution in [3.05, 3.63) is 48.0 Å². The zero-order chi connectivity index (χ0) is 18.5. The summed E-state index contributed by atoms with van der Waals surface area (Å²) in [4.78, 5) is 16.7. The average Bonchev–Trinajstić information content (AvgIpc) is 2.68. The molecular formula is C20H24N2O4. The van der Waals surface area contributed by atoms with Gasteiger partial charge in [0.15, 0.2) is 11.5 Å². The monoisotopic (exact) mass is 356 g/mol. The number of aromatic hydroxyl groups is 1. The number of phenolic OH excluding ortho intramolecular Hbond substituents is 1. The summed E-state index contributed by atoms with van der Waals surface area (Å²) in [6, 6.07) is 12.5. The molecule has 0 saturated carbocycles. The van der Waals surface area contributed by atoms with E-state index in [1.807, 2.05) is 24.0 Å². The Balaban J connectivity index is 1.68. The van der Waals surface area contributed by atoms with Crippen LogP contribution >= 0.6 is 0 Å². The van der Waals surface area contributed by atoms with E-state index in [1.165, 1.54) is 0 Å². The maximum absolute atomic E-state index is 12.8. The van der Waals surface area contributed by atoms with Gasteiger partial charge in [-0.25, -0.2) is 0 Å². The van der Waals surface area contributed by atoms with Crippen molar-refractivity contribution in [2.75, 3.05) is 44.8 Å². The predicted molar refractivity (Wildman–Crippen MR) is 100 cm³/mol. The number of carbonyl (C=O) groups is 1. The number of phenols is 1. The molecule has 1 saturated heterocycles. The number of hydrogen-bond donors (Lipinski definition) is 1. The third kappa shape index (κ3) is 3.69. The molecule has 1 aliphatic heterocycles. The largest absolute Gasteiger partial charge is 0.506 e. The van der Waals surface area contributed by atoms with Gasteiger partial charge in [-0.05, 0) is 37.3 Å². The van der Waals surface area contributed by atoms with Gasteiger partial charge in [0.25, 0.3) is 5.91 Å². The number of amides is 1. The molecule has 3 rings (SSSR count). The van der Waals surface area contributed by atoms with Gasteiger partial charge in [-0.2, -0.15) is 0 Å². The average molecular weight is 356 g/mol. The van der Waals surface area contributed by atoms with Crippen LogP contribution in [0.15, 0.2) is 42.5 Å². The fourth-order valence-corrected chi connectivity index (χ4v) is 3.14. The molecule has 0 unspecified atom stereocenters. The van der Waals surface area contributed by atoms with Crippen molar-refractivity contribution in [2.24, 2.45) is 0 Å². The molecule has 1 N–H and O–H groups in total. The predicted octanol–water partition coefficient (Wildman–Crippen LogP) is 2.76. The van der Waals surface area contributed by atoms with E-state index < -0.39 is 0 Å². The molecule has 0 spiro atoms. The smallest absolute Gasteiger partial charge is 0.254 e. The quantitative estimate of drug-likeness (QED) is 0.893. The van der Waals surface area contributed by atoms with Gasteiger partial charge in [0.1, 0.15) is 5.75 Å². The van der Waals surface area contributed by atoms with Crippen molar-refractivity contribution in [1.82, 2.24) is 4.90 Å². The second kappa shape index (κ2) is 7.99. The topological polar surface area (TPSA) is 62.2 Å². The van der Waals surface area contributed by atoms with Crippen LogP contribution in [-0.4, -0.2) is 55.8 Å². The summed E-state index contributed by atoms with van der Waals surface area (Å²) < 4.78 is 10.8. The SMILES string of the molecule is CCOc1ccc(C(=O)N2CCN(c3ccccc3O)CC2)cc1OC. The summed E-state index contributed by atoms with van der Waals surface area (Å²) in [7, 11) is 1.57. The summed E-state index contributed by atoms with van der Waals surface area (Å²) in [6.45, 7) is 5.00. The first kappa shape index (κ1) is 17.9. The lowest BCUT2D eigenvalue weighted by molar-refractivity contribution is 0.0746. The molecule has 1 aliphatic rings. The molecule has 26 heavy (non-hydrogen) atoms. The Morgan fingerprint density at radius 1 is 1.08 bits per heavy atom. The molecule has 0 aromatic heterocycles. The molecular weight excluding hydrogens is 332 g/mol. The highest BCUT2D eigenvalue weighted by Gasteiger charge is 2.24. The van der Waals surface area contributed by atoms with Gasteiger partial charge in [-0.15, -0.1) is 0 Å². The van der Waals surface area contributed by atoms with Crippen molar-refractivity contribution in [3.8, 4) is 17.2 Å². The molecule has 6 nitrogen and oxygen atoms in total. The Morgan fingerprint density at radius 2 is 1.81 bits per heavy atom. The van der Waals surface area contributed by atoms with Gasteiger partial charge in [-0.3, -0.25) is 4.79 Å². The highest BCUT2D eigenvalue weighted by Crippen LogP contribution is 2.30. The molecule has 1 amide bonds. The molecule has 0 bridgehead atoms. The third-order valence-corrected chi connectivity index (χ3v) is 4.50. The Bertz CT molecular complexity index is 770. The number of benzene rings is 2. The number of piperazine rings is 1. The molecule has 2 aromatic carbocycles. The maximum atomic E-state index is 12.8. The Kier molecular flexibility index (Phi) is 5.51. The van der Waals surface area contributed by atoms with Gasteiger partial charge < -0.3 is 24.4 Å². The van der Waals surface area contributed by atoms with Crippen molar-refractivity contribution in [2.45, 2.75) is 6.92 Å². The first-order valence-electron chi connectivity index (χ1n) is 8.77. The number of nitrogens with zero attached hydrogens (tertiary/aromatic N) is 2. The van der Waals surface area contributed by atoms with E-state index in [9.17, 15) is 9.90 Å². The van der Waals surface area contributed by atoms with Crippen molar-refractivity contribution in [3.63, 3.8) is 0 Å². The standard InChI is InChI=1S/C20H24N2O4/c1-3-26-18-9-8-15(14-19(18)25-2)20(24)22-12-10-21(11-13-22)16-6-4-5-7-17(16)23/h4-9,14,23H,3,10-13H2,1-2H3. The Hall–Kier alpha value is -2.89. The highest BCUT2D eigenvalue weighted by atomic mass is 16.5. The Labute approximate surface area is 153 Å². The number of rotatable bonds is 5. The number of methoxy groups -OCH3 is 1. The molecule has 0 atom stereocenters. The summed E-state index contributed by atoms with van der Waals surface area (Å²) in [5.41, 5.74) is 1.39. The second-order valence-corrected chi connectivity index (χ2v) is 6.07. The fourth-order valence-electron chi connectivity index (χ4n) is 3.14. The van der Waals surface area contributed by atoms with E-state index in [2.05, 4.69) is 4.90 Å². The third-order valence-electron chi connectivity index (χ3n) is 4.50. The molecule has 6 heteroatoms. The number of hydrogen-bond acceptors (Lipinski definition) is 5. The highest BCUT2D eigenvalue weighted by molar-refractivity contribution is 5.95. The molecule has 0 aliphatic carbocycles. The van der Waals surface area contributed by atoms with Crippen LogP contribution in [0.25, 0.3) is 0 Å². The molecule has 2 aromatic rings. The summed E-state index contributed by atoms with van der Waals surface area (Å²) in [6.07, 6.45) is 0. The Morgan fingerprint density at radius 3 is 2.46 bits per heavy atom. The lowest BCUT2D eigenvalue weighted by Crippen LogP contribution is -2.48. The minimum absolute atomic E-state index is 0.0247. The minimum atomic E-state index is -0.0247. The van der Waals surface area contributed by atoms with Crippen LogP contribution in [-0.2, 0) is 0 Å². The van der Waals surface area contributed by atoms with Crippen molar-refractivity contribution >= 4 is 11.6 Å². The van der Waals surface area contributed by atoms with Gasteiger partial charge >= 0.3 is 0 Å². The zero-order valence-corrected chi connectivity index (χ0v) is 15.1. The van der Waals surface area contributed by atoms with Gasteiger partial charge in [-0.1, -0.05) is 12.1 Å².